The highest BCUT2D eigenvalue weighted by Gasteiger charge is 2.23. The van der Waals surface area contributed by atoms with Crippen LogP contribution in [-0.4, -0.2) is 42.4 Å². The molecule has 2 heterocycles. The monoisotopic (exact) mass is 256 g/mol. The molecular formula is C11H13ClN2O3. The number of pyridine rings is 1. The van der Waals surface area contributed by atoms with Gasteiger partial charge in [-0.3, -0.25) is 0 Å². The molecule has 5 nitrogen and oxygen atoms in total. The molecule has 0 amide bonds. The van der Waals surface area contributed by atoms with E-state index in [1.54, 1.807) is 0 Å². The second-order valence-electron chi connectivity index (χ2n) is 3.96. The summed E-state index contributed by atoms with van der Waals surface area (Å²) in [5.74, 6) is -0.440. The lowest BCUT2D eigenvalue weighted by atomic mass is 10.2. The fraction of sp³-hybridized carbons (Fsp3) is 0.455. The van der Waals surface area contributed by atoms with Crippen molar-refractivity contribution < 1.29 is 14.6 Å². The van der Waals surface area contributed by atoms with Gasteiger partial charge in [-0.05, 0) is 12.5 Å². The molecule has 0 spiro atoms. The van der Waals surface area contributed by atoms with Crippen molar-refractivity contribution in [3.05, 3.63) is 22.8 Å². The lowest BCUT2D eigenvalue weighted by Crippen LogP contribution is -2.32. The van der Waals surface area contributed by atoms with Crippen molar-refractivity contribution in [3.63, 3.8) is 0 Å². The first kappa shape index (κ1) is 12.1. The van der Waals surface area contributed by atoms with E-state index in [9.17, 15) is 4.79 Å². The van der Waals surface area contributed by atoms with Gasteiger partial charge in [0.25, 0.3) is 0 Å². The van der Waals surface area contributed by atoms with E-state index in [1.165, 1.54) is 12.3 Å². The number of rotatable bonds is 3. The maximum Gasteiger partial charge on any atom is 0.337 e. The van der Waals surface area contributed by atoms with Crippen molar-refractivity contribution in [1.82, 2.24) is 4.98 Å². The molecule has 1 saturated heterocycles. The SMILES string of the molecule is CN(c1ncc(C(=O)O)cc1Cl)C1CCOC1. The number of aromatic nitrogens is 1. The van der Waals surface area contributed by atoms with Crippen molar-refractivity contribution in [2.75, 3.05) is 25.2 Å². The molecule has 1 aliphatic rings. The number of carbonyl (C=O) groups is 1. The Balaban J connectivity index is 2.23. The largest absolute Gasteiger partial charge is 0.478 e. The van der Waals surface area contributed by atoms with Crippen LogP contribution < -0.4 is 4.90 Å². The van der Waals surface area contributed by atoms with E-state index >= 15 is 0 Å². The summed E-state index contributed by atoms with van der Waals surface area (Å²) in [6.45, 7) is 1.38. The van der Waals surface area contributed by atoms with Crippen LogP contribution >= 0.6 is 11.6 Å². The number of ether oxygens (including phenoxy) is 1. The Bertz CT molecular complexity index is 433. The summed E-state index contributed by atoms with van der Waals surface area (Å²) in [4.78, 5) is 16.8. The number of aromatic carboxylic acids is 1. The van der Waals surface area contributed by atoms with Gasteiger partial charge in [-0.2, -0.15) is 0 Å². The van der Waals surface area contributed by atoms with Gasteiger partial charge < -0.3 is 14.7 Å². The van der Waals surface area contributed by atoms with Crippen LogP contribution in [0.3, 0.4) is 0 Å². The van der Waals surface area contributed by atoms with Gasteiger partial charge in [-0.25, -0.2) is 9.78 Å². The molecule has 1 aromatic heterocycles. The summed E-state index contributed by atoms with van der Waals surface area (Å²) in [5, 5.41) is 9.16. The molecule has 6 heteroatoms. The molecule has 1 unspecified atom stereocenters. The highest BCUT2D eigenvalue weighted by atomic mass is 35.5. The number of carboxylic acid groups (broad SMARTS) is 1. The molecule has 1 aromatic rings. The minimum Gasteiger partial charge on any atom is -0.478 e. The lowest BCUT2D eigenvalue weighted by Gasteiger charge is -2.25. The molecule has 17 heavy (non-hydrogen) atoms. The van der Waals surface area contributed by atoms with Crippen LogP contribution in [0.1, 0.15) is 16.8 Å². The molecule has 1 N–H and O–H groups in total. The van der Waals surface area contributed by atoms with Crippen molar-refractivity contribution in [3.8, 4) is 0 Å². The topological polar surface area (TPSA) is 62.7 Å². The molecule has 1 fully saturated rings. The van der Waals surface area contributed by atoms with Crippen molar-refractivity contribution in [2.24, 2.45) is 0 Å². The van der Waals surface area contributed by atoms with Crippen molar-refractivity contribution >= 4 is 23.4 Å². The van der Waals surface area contributed by atoms with Gasteiger partial charge in [0, 0.05) is 19.9 Å². The third kappa shape index (κ3) is 2.50. The van der Waals surface area contributed by atoms with Crippen LogP contribution in [-0.2, 0) is 4.74 Å². The average Bonchev–Trinajstić information content (AvgIpc) is 2.81. The van der Waals surface area contributed by atoms with E-state index in [-0.39, 0.29) is 11.6 Å². The van der Waals surface area contributed by atoms with Crippen LogP contribution in [0, 0.1) is 0 Å². The first-order valence-electron chi connectivity index (χ1n) is 5.29. The number of carboxylic acids is 1. The number of hydrogen-bond acceptors (Lipinski definition) is 4. The molecule has 2 rings (SSSR count). The highest BCUT2D eigenvalue weighted by molar-refractivity contribution is 6.33. The molecule has 0 aliphatic carbocycles. The van der Waals surface area contributed by atoms with E-state index < -0.39 is 5.97 Å². The van der Waals surface area contributed by atoms with Gasteiger partial charge in [0.05, 0.1) is 23.2 Å². The molecule has 1 aliphatic heterocycles. The summed E-state index contributed by atoms with van der Waals surface area (Å²) in [5.41, 5.74) is 0.0924. The minimum atomic E-state index is -1.03. The second-order valence-corrected chi connectivity index (χ2v) is 4.37. The zero-order valence-corrected chi connectivity index (χ0v) is 10.1. The van der Waals surface area contributed by atoms with Gasteiger partial charge in [0.1, 0.15) is 5.82 Å². The summed E-state index contributed by atoms with van der Waals surface area (Å²) >= 11 is 6.04. The second kappa shape index (κ2) is 4.89. The molecular weight excluding hydrogens is 244 g/mol. The highest BCUT2D eigenvalue weighted by Crippen LogP contribution is 2.26. The van der Waals surface area contributed by atoms with Gasteiger partial charge in [0.15, 0.2) is 0 Å². The van der Waals surface area contributed by atoms with Gasteiger partial charge in [0.2, 0.25) is 0 Å². The average molecular weight is 257 g/mol. The summed E-state index contributed by atoms with van der Waals surface area (Å²) in [6, 6.07) is 1.66. The van der Waals surface area contributed by atoms with E-state index in [4.69, 9.17) is 21.4 Å². The summed E-state index contributed by atoms with van der Waals surface area (Å²) in [6.07, 6.45) is 2.24. The third-order valence-electron chi connectivity index (χ3n) is 2.86. The molecule has 0 radical (unpaired) electrons. The number of nitrogens with zero attached hydrogens (tertiary/aromatic N) is 2. The molecule has 0 bridgehead atoms. The Hall–Kier alpha value is -1.33. The Labute approximate surface area is 104 Å². The predicted molar refractivity (Wildman–Crippen MR) is 63.8 cm³/mol. The fourth-order valence-corrected chi connectivity index (χ4v) is 2.11. The Morgan fingerprint density at radius 1 is 1.71 bits per heavy atom. The zero-order chi connectivity index (χ0) is 12.4. The predicted octanol–water partition coefficient (Wildman–Crippen LogP) is 1.66. The number of halogens is 1. The van der Waals surface area contributed by atoms with Gasteiger partial charge in [-0.15, -0.1) is 0 Å². The quantitative estimate of drug-likeness (QED) is 0.891. The van der Waals surface area contributed by atoms with Gasteiger partial charge in [-0.1, -0.05) is 11.6 Å². The molecule has 0 aromatic carbocycles. The third-order valence-corrected chi connectivity index (χ3v) is 3.13. The normalized spacial score (nSPS) is 19.3. The number of anilines is 1. The smallest absolute Gasteiger partial charge is 0.337 e. The van der Waals surface area contributed by atoms with E-state index in [1.807, 2.05) is 11.9 Å². The Kier molecular flexibility index (Phi) is 3.49. The lowest BCUT2D eigenvalue weighted by molar-refractivity contribution is 0.0696. The standard InChI is InChI=1S/C11H13ClN2O3/c1-14(8-2-3-17-6-8)10-9(12)4-7(5-13-10)11(15)16/h4-5,8H,2-3,6H2,1H3,(H,15,16). The minimum absolute atomic E-state index is 0.0924. The van der Waals surface area contributed by atoms with E-state index in [2.05, 4.69) is 4.98 Å². The van der Waals surface area contributed by atoms with Crippen LogP contribution in [0.5, 0.6) is 0 Å². The Morgan fingerprint density at radius 2 is 2.47 bits per heavy atom. The van der Waals surface area contributed by atoms with Gasteiger partial charge >= 0.3 is 5.97 Å². The maximum absolute atomic E-state index is 10.8. The van der Waals surface area contributed by atoms with Crippen LogP contribution in [0.2, 0.25) is 5.02 Å². The summed E-state index contributed by atoms with van der Waals surface area (Å²) < 4.78 is 5.29. The zero-order valence-electron chi connectivity index (χ0n) is 9.39. The van der Waals surface area contributed by atoms with Crippen LogP contribution in [0.25, 0.3) is 0 Å². The first-order chi connectivity index (χ1) is 8.09. The van der Waals surface area contributed by atoms with E-state index in [0.717, 1.165) is 13.0 Å². The van der Waals surface area contributed by atoms with Crippen molar-refractivity contribution in [2.45, 2.75) is 12.5 Å². The number of hydrogen-bond donors (Lipinski definition) is 1. The molecule has 92 valence electrons. The Morgan fingerprint density at radius 3 is 3.00 bits per heavy atom. The first-order valence-corrected chi connectivity index (χ1v) is 5.67. The fourth-order valence-electron chi connectivity index (χ4n) is 1.81. The molecule has 1 atom stereocenters. The van der Waals surface area contributed by atoms with Crippen molar-refractivity contribution in [1.29, 1.82) is 0 Å². The van der Waals surface area contributed by atoms with E-state index in [0.29, 0.717) is 17.4 Å². The van der Waals surface area contributed by atoms with Crippen LogP contribution in [0.15, 0.2) is 12.3 Å². The summed E-state index contributed by atoms with van der Waals surface area (Å²) in [7, 11) is 1.88. The number of likely N-dealkylation sites (N-methyl/N-ethyl adjacent to an activating group) is 1. The maximum atomic E-state index is 10.8. The van der Waals surface area contributed by atoms with Crippen LogP contribution in [0.4, 0.5) is 5.82 Å². The molecule has 0 saturated carbocycles.